The summed E-state index contributed by atoms with van der Waals surface area (Å²) in [6, 6.07) is 13.5. The second kappa shape index (κ2) is 6.38. The summed E-state index contributed by atoms with van der Waals surface area (Å²) >= 11 is 0. The van der Waals surface area contributed by atoms with E-state index in [-0.39, 0.29) is 16.7 Å². The Morgan fingerprint density at radius 2 is 1.96 bits per heavy atom. The number of nitro benzene ring substituents is 1. The highest BCUT2D eigenvalue weighted by atomic mass is 16.6. The van der Waals surface area contributed by atoms with Gasteiger partial charge in [0, 0.05) is 30.4 Å². The summed E-state index contributed by atoms with van der Waals surface area (Å²) in [6.07, 6.45) is 0.0282. The van der Waals surface area contributed by atoms with E-state index in [9.17, 15) is 10.1 Å². The zero-order valence-electron chi connectivity index (χ0n) is 13.4. The fourth-order valence-corrected chi connectivity index (χ4v) is 3.06. The number of morpholine rings is 1. The van der Waals surface area contributed by atoms with E-state index in [0.29, 0.717) is 12.2 Å². The topological polar surface area (TPSA) is 55.6 Å². The highest BCUT2D eigenvalue weighted by Crippen LogP contribution is 2.30. The Hall–Kier alpha value is -2.40. The molecule has 23 heavy (non-hydrogen) atoms. The van der Waals surface area contributed by atoms with E-state index in [0.717, 1.165) is 18.8 Å². The van der Waals surface area contributed by atoms with Gasteiger partial charge < -0.3 is 9.64 Å². The summed E-state index contributed by atoms with van der Waals surface area (Å²) < 4.78 is 5.94. The van der Waals surface area contributed by atoms with Gasteiger partial charge in [0.1, 0.15) is 6.10 Å². The Balaban J connectivity index is 1.83. The quantitative estimate of drug-likeness (QED) is 0.639. The minimum absolute atomic E-state index is 0.0282. The van der Waals surface area contributed by atoms with Crippen molar-refractivity contribution in [3.8, 4) is 0 Å². The van der Waals surface area contributed by atoms with E-state index in [2.05, 4.69) is 24.0 Å². The standard InChI is InChI=1S/C18H20N2O3/c1-13-5-3-4-6-16(13)18-12-19(9-10-23-18)15-7-8-17(20(21)22)14(2)11-15/h3-8,11,18H,9-10,12H2,1-2H3. The van der Waals surface area contributed by atoms with Gasteiger partial charge in [0.15, 0.2) is 0 Å². The SMILES string of the molecule is Cc1ccccc1C1CN(c2ccc([N+](=O)[O-])c(C)c2)CCO1. The van der Waals surface area contributed by atoms with Crippen LogP contribution in [-0.4, -0.2) is 24.6 Å². The molecule has 0 aromatic heterocycles. The third-order valence-electron chi connectivity index (χ3n) is 4.34. The lowest BCUT2D eigenvalue weighted by Crippen LogP contribution is -2.38. The van der Waals surface area contributed by atoms with Crippen molar-refractivity contribution >= 4 is 11.4 Å². The molecule has 1 aliphatic rings. The number of rotatable bonds is 3. The summed E-state index contributed by atoms with van der Waals surface area (Å²) in [5.41, 5.74) is 4.29. The average molecular weight is 312 g/mol. The van der Waals surface area contributed by atoms with Crippen molar-refractivity contribution in [2.45, 2.75) is 20.0 Å². The summed E-state index contributed by atoms with van der Waals surface area (Å²) in [4.78, 5) is 12.9. The van der Waals surface area contributed by atoms with Crippen LogP contribution >= 0.6 is 0 Å². The van der Waals surface area contributed by atoms with Crippen molar-refractivity contribution in [2.75, 3.05) is 24.6 Å². The maximum atomic E-state index is 11.0. The van der Waals surface area contributed by atoms with Gasteiger partial charge >= 0.3 is 0 Å². The van der Waals surface area contributed by atoms with Crippen molar-refractivity contribution in [1.29, 1.82) is 0 Å². The molecule has 0 aliphatic carbocycles. The first kappa shape index (κ1) is 15.5. The maximum Gasteiger partial charge on any atom is 0.272 e. The predicted octanol–water partition coefficient (Wildman–Crippen LogP) is 3.79. The third-order valence-corrected chi connectivity index (χ3v) is 4.34. The molecule has 2 aromatic carbocycles. The summed E-state index contributed by atoms with van der Waals surface area (Å²) in [5, 5.41) is 11.0. The smallest absolute Gasteiger partial charge is 0.272 e. The zero-order chi connectivity index (χ0) is 16.4. The van der Waals surface area contributed by atoms with E-state index in [1.807, 2.05) is 24.3 Å². The first-order chi connectivity index (χ1) is 11.1. The van der Waals surface area contributed by atoms with Crippen molar-refractivity contribution in [1.82, 2.24) is 0 Å². The molecule has 0 amide bonds. The molecule has 3 rings (SSSR count). The van der Waals surface area contributed by atoms with Crippen molar-refractivity contribution in [3.63, 3.8) is 0 Å². The largest absolute Gasteiger partial charge is 0.370 e. The van der Waals surface area contributed by atoms with Gasteiger partial charge in [-0.3, -0.25) is 10.1 Å². The van der Waals surface area contributed by atoms with Crippen LogP contribution in [0.1, 0.15) is 22.8 Å². The number of aryl methyl sites for hydroxylation is 2. The normalized spacial score (nSPS) is 18.0. The molecule has 5 heteroatoms. The lowest BCUT2D eigenvalue weighted by Gasteiger charge is -2.35. The fourth-order valence-electron chi connectivity index (χ4n) is 3.06. The van der Waals surface area contributed by atoms with Gasteiger partial charge in [0.2, 0.25) is 0 Å². The molecule has 5 nitrogen and oxygen atoms in total. The van der Waals surface area contributed by atoms with Gasteiger partial charge in [-0.1, -0.05) is 24.3 Å². The number of hydrogen-bond acceptors (Lipinski definition) is 4. The Morgan fingerprint density at radius 3 is 2.65 bits per heavy atom. The van der Waals surface area contributed by atoms with E-state index in [1.54, 1.807) is 13.0 Å². The average Bonchev–Trinajstić information content (AvgIpc) is 2.55. The van der Waals surface area contributed by atoms with E-state index >= 15 is 0 Å². The van der Waals surface area contributed by atoms with Crippen LogP contribution in [0.5, 0.6) is 0 Å². The molecule has 1 heterocycles. The molecule has 1 fully saturated rings. The molecular formula is C18H20N2O3. The minimum atomic E-state index is -0.339. The molecule has 1 saturated heterocycles. The van der Waals surface area contributed by atoms with Gasteiger partial charge in [-0.2, -0.15) is 0 Å². The molecule has 1 atom stereocenters. The van der Waals surface area contributed by atoms with Gasteiger partial charge in [-0.25, -0.2) is 0 Å². The van der Waals surface area contributed by atoms with E-state index in [1.165, 1.54) is 11.1 Å². The minimum Gasteiger partial charge on any atom is -0.370 e. The van der Waals surface area contributed by atoms with Crippen molar-refractivity contribution < 1.29 is 9.66 Å². The van der Waals surface area contributed by atoms with Crippen LogP contribution in [-0.2, 0) is 4.74 Å². The van der Waals surface area contributed by atoms with Crippen LogP contribution in [0.3, 0.4) is 0 Å². The highest BCUT2D eigenvalue weighted by molar-refractivity contribution is 5.55. The fraction of sp³-hybridized carbons (Fsp3) is 0.333. The lowest BCUT2D eigenvalue weighted by atomic mass is 10.0. The Labute approximate surface area is 135 Å². The number of anilines is 1. The van der Waals surface area contributed by atoms with Crippen LogP contribution in [0, 0.1) is 24.0 Å². The molecule has 1 aliphatic heterocycles. The Bertz CT molecular complexity index is 730. The van der Waals surface area contributed by atoms with Crippen LogP contribution in [0.2, 0.25) is 0 Å². The van der Waals surface area contributed by atoms with Gasteiger partial charge in [0.25, 0.3) is 5.69 Å². The van der Waals surface area contributed by atoms with Gasteiger partial charge in [0.05, 0.1) is 11.5 Å². The monoisotopic (exact) mass is 312 g/mol. The third kappa shape index (κ3) is 3.19. The second-order valence-corrected chi connectivity index (χ2v) is 5.89. The number of ether oxygens (including phenoxy) is 1. The lowest BCUT2D eigenvalue weighted by molar-refractivity contribution is -0.385. The van der Waals surface area contributed by atoms with Crippen molar-refractivity contribution in [3.05, 3.63) is 69.3 Å². The van der Waals surface area contributed by atoms with Crippen LogP contribution < -0.4 is 4.90 Å². The second-order valence-electron chi connectivity index (χ2n) is 5.89. The zero-order valence-corrected chi connectivity index (χ0v) is 13.4. The summed E-state index contributed by atoms with van der Waals surface area (Å²) in [6.45, 7) is 6.06. The van der Waals surface area contributed by atoms with Crippen molar-refractivity contribution in [2.24, 2.45) is 0 Å². The summed E-state index contributed by atoms with van der Waals surface area (Å²) in [5.74, 6) is 0. The molecule has 2 aromatic rings. The number of nitrogens with zero attached hydrogens (tertiary/aromatic N) is 2. The first-order valence-corrected chi connectivity index (χ1v) is 7.73. The number of hydrogen-bond donors (Lipinski definition) is 0. The molecule has 0 N–H and O–H groups in total. The predicted molar refractivity (Wildman–Crippen MR) is 89.9 cm³/mol. The Morgan fingerprint density at radius 1 is 1.17 bits per heavy atom. The summed E-state index contributed by atoms with van der Waals surface area (Å²) in [7, 11) is 0. The molecule has 0 bridgehead atoms. The maximum absolute atomic E-state index is 11.0. The first-order valence-electron chi connectivity index (χ1n) is 7.73. The molecule has 120 valence electrons. The van der Waals surface area contributed by atoms with Crippen LogP contribution in [0.4, 0.5) is 11.4 Å². The van der Waals surface area contributed by atoms with Crippen LogP contribution in [0.15, 0.2) is 42.5 Å². The molecule has 1 unspecified atom stereocenters. The van der Waals surface area contributed by atoms with Gasteiger partial charge in [-0.15, -0.1) is 0 Å². The highest BCUT2D eigenvalue weighted by Gasteiger charge is 2.24. The molecular weight excluding hydrogens is 292 g/mol. The Kier molecular flexibility index (Phi) is 4.30. The molecule has 0 saturated carbocycles. The van der Waals surface area contributed by atoms with Gasteiger partial charge in [-0.05, 0) is 37.1 Å². The molecule has 0 radical (unpaired) electrons. The van der Waals surface area contributed by atoms with E-state index < -0.39 is 0 Å². The van der Waals surface area contributed by atoms with E-state index in [4.69, 9.17) is 4.74 Å². The number of benzene rings is 2. The molecule has 0 spiro atoms. The number of nitro groups is 1. The van der Waals surface area contributed by atoms with Crippen LogP contribution in [0.25, 0.3) is 0 Å².